The second-order valence-electron chi connectivity index (χ2n) is 4.82. The Balaban J connectivity index is 2.24. The molecule has 1 atom stereocenters. The van der Waals surface area contributed by atoms with Gasteiger partial charge in [0.05, 0.1) is 6.61 Å². The molecule has 1 rings (SSSR count). The molecule has 0 fully saturated rings. The summed E-state index contributed by atoms with van der Waals surface area (Å²) < 4.78 is 41.7. The third-order valence-electron chi connectivity index (χ3n) is 2.97. The number of aryl methyl sites for hydroxylation is 1. The highest BCUT2D eigenvalue weighted by molar-refractivity contribution is 5.27. The molecule has 0 heterocycles. The predicted octanol–water partition coefficient (Wildman–Crippen LogP) is 3.33. The Bertz CT molecular complexity index is 396. The van der Waals surface area contributed by atoms with Crippen LogP contribution >= 0.6 is 0 Å². The highest BCUT2D eigenvalue weighted by Gasteiger charge is 2.26. The van der Waals surface area contributed by atoms with Crippen molar-refractivity contribution in [3.63, 3.8) is 0 Å². The maximum absolute atomic E-state index is 12.0. The van der Waals surface area contributed by atoms with E-state index in [1.807, 2.05) is 31.2 Å². The fourth-order valence-electron chi connectivity index (χ4n) is 1.88. The zero-order valence-electron chi connectivity index (χ0n) is 11.5. The molecule has 3 N–H and O–H groups in total. The van der Waals surface area contributed by atoms with Crippen LogP contribution in [0.5, 0.6) is 5.75 Å². The lowest BCUT2D eigenvalue weighted by molar-refractivity contribution is -0.135. The number of hydrazine groups is 1. The summed E-state index contributed by atoms with van der Waals surface area (Å²) >= 11 is 0. The minimum Gasteiger partial charge on any atom is -0.494 e. The number of hydrogen-bond donors (Lipinski definition) is 2. The topological polar surface area (TPSA) is 47.3 Å². The lowest BCUT2D eigenvalue weighted by atomic mass is 10.1. The van der Waals surface area contributed by atoms with Crippen LogP contribution in [-0.2, 0) is 0 Å². The Kier molecular flexibility index (Phi) is 6.81. The summed E-state index contributed by atoms with van der Waals surface area (Å²) in [5.74, 6) is 6.10. The second-order valence-corrected chi connectivity index (χ2v) is 4.82. The van der Waals surface area contributed by atoms with E-state index >= 15 is 0 Å². The van der Waals surface area contributed by atoms with E-state index in [4.69, 9.17) is 10.6 Å². The fourth-order valence-corrected chi connectivity index (χ4v) is 1.88. The predicted molar refractivity (Wildman–Crippen MR) is 72.3 cm³/mol. The Morgan fingerprint density at radius 3 is 2.65 bits per heavy atom. The first-order valence-corrected chi connectivity index (χ1v) is 6.63. The first kappa shape index (κ1) is 16.8. The van der Waals surface area contributed by atoms with E-state index < -0.39 is 12.6 Å². The van der Waals surface area contributed by atoms with E-state index in [0.29, 0.717) is 19.4 Å². The van der Waals surface area contributed by atoms with Crippen molar-refractivity contribution in [1.82, 2.24) is 5.43 Å². The molecule has 0 saturated carbocycles. The molecule has 3 nitrogen and oxygen atoms in total. The Hall–Kier alpha value is -1.27. The number of ether oxygens (including phenoxy) is 1. The summed E-state index contributed by atoms with van der Waals surface area (Å²) in [5.41, 5.74) is 3.64. The van der Waals surface area contributed by atoms with Gasteiger partial charge in [-0.3, -0.25) is 11.3 Å². The molecule has 0 spiro atoms. The van der Waals surface area contributed by atoms with Gasteiger partial charge >= 0.3 is 6.18 Å². The van der Waals surface area contributed by atoms with Crippen LogP contribution in [0.3, 0.4) is 0 Å². The van der Waals surface area contributed by atoms with Gasteiger partial charge in [0.25, 0.3) is 0 Å². The monoisotopic (exact) mass is 290 g/mol. The maximum atomic E-state index is 12.0. The molecule has 0 bridgehead atoms. The highest BCUT2D eigenvalue weighted by Crippen LogP contribution is 2.23. The van der Waals surface area contributed by atoms with E-state index in [-0.39, 0.29) is 12.5 Å². The molecule has 0 amide bonds. The molecule has 0 aliphatic rings. The Morgan fingerprint density at radius 1 is 1.30 bits per heavy atom. The molecule has 20 heavy (non-hydrogen) atoms. The molecule has 0 radical (unpaired) electrons. The third kappa shape index (κ3) is 7.35. The van der Waals surface area contributed by atoms with Crippen LogP contribution in [-0.4, -0.2) is 18.8 Å². The summed E-state index contributed by atoms with van der Waals surface area (Å²) in [6.07, 6.45) is -3.85. The van der Waals surface area contributed by atoms with Crippen molar-refractivity contribution < 1.29 is 17.9 Å². The number of halogens is 3. The first-order chi connectivity index (χ1) is 9.40. The van der Waals surface area contributed by atoms with E-state index in [9.17, 15) is 13.2 Å². The minimum absolute atomic E-state index is 0.0722. The molecule has 0 aliphatic heterocycles. The van der Waals surface area contributed by atoms with Crippen molar-refractivity contribution in [3.8, 4) is 5.75 Å². The first-order valence-electron chi connectivity index (χ1n) is 6.63. The third-order valence-corrected chi connectivity index (χ3v) is 2.97. The van der Waals surface area contributed by atoms with Crippen LogP contribution in [0.25, 0.3) is 0 Å². The van der Waals surface area contributed by atoms with Crippen molar-refractivity contribution in [2.45, 2.75) is 44.8 Å². The molecule has 1 aromatic rings. The fraction of sp³-hybridized carbons (Fsp3) is 0.571. The number of nitrogens with two attached hydrogens (primary N) is 1. The van der Waals surface area contributed by atoms with Gasteiger partial charge < -0.3 is 4.74 Å². The molecule has 1 aromatic carbocycles. The van der Waals surface area contributed by atoms with Crippen molar-refractivity contribution in [3.05, 3.63) is 29.8 Å². The zero-order valence-corrected chi connectivity index (χ0v) is 11.5. The van der Waals surface area contributed by atoms with Gasteiger partial charge in [0.1, 0.15) is 5.75 Å². The van der Waals surface area contributed by atoms with Gasteiger partial charge in [-0.2, -0.15) is 13.2 Å². The molecule has 114 valence electrons. The lowest BCUT2D eigenvalue weighted by Gasteiger charge is -2.16. The molecular formula is C14H21F3N2O. The van der Waals surface area contributed by atoms with Crippen molar-refractivity contribution in [2.24, 2.45) is 5.84 Å². The average Bonchev–Trinajstić information content (AvgIpc) is 2.35. The number of alkyl halides is 3. The van der Waals surface area contributed by atoms with Crippen molar-refractivity contribution in [1.29, 1.82) is 0 Å². The molecule has 0 saturated heterocycles. The largest absolute Gasteiger partial charge is 0.494 e. The number of benzene rings is 1. The van der Waals surface area contributed by atoms with Crippen LogP contribution < -0.4 is 16.0 Å². The van der Waals surface area contributed by atoms with Crippen LogP contribution in [0, 0.1) is 6.92 Å². The molecule has 6 heteroatoms. The summed E-state index contributed by atoms with van der Waals surface area (Å²) in [7, 11) is 0. The average molecular weight is 290 g/mol. The standard InChI is InChI=1S/C14H21F3N2O/c1-11-4-2-6-13(10-11)20-9-7-12(19-18)5-3-8-14(15,16)17/h2,4,6,10,12,19H,3,5,7-9,18H2,1H3. The van der Waals surface area contributed by atoms with Crippen LogP contribution in [0.1, 0.15) is 31.2 Å². The molecule has 0 aromatic heterocycles. The van der Waals surface area contributed by atoms with Gasteiger partial charge in [0.2, 0.25) is 0 Å². The van der Waals surface area contributed by atoms with Crippen LogP contribution in [0.4, 0.5) is 13.2 Å². The summed E-state index contributed by atoms with van der Waals surface area (Å²) in [4.78, 5) is 0. The second kappa shape index (κ2) is 8.11. The van der Waals surface area contributed by atoms with Gasteiger partial charge in [-0.05, 0) is 43.9 Å². The quantitative estimate of drug-likeness (QED) is 0.570. The Labute approximate surface area is 117 Å². The summed E-state index contributed by atoms with van der Waals surface area (Å²) in [6.45, 7) is 2.39. The smallest absolute Gasteiger partial charge is 0.389 e. The van der Waals surface area contributed by atoms with Gasteiger partial charge in [-0.15, -0.1) is 0 Å². The van der Waals surface area contributed by atoms with Gasteiger partial charge in [0.15, 0.2) is 0 Å². The van der Waals surface area contributed by atoms with Crippen molar-refractivity contribution >= 4 is 0 Å². The molecular weight excluding hydrogens is 269 g/mol. The number of nitrogens with one attached hydrogen (secondary N) is 1. The van der Waals surface area contributed by atoms with E-state index in [2.05, 4.69) is 5.43 Å². The van der Waals surface area contributed by atoms with Crippen molar-refractivity contribution in [2.75, 3.05) is 6.61 Å². The highest BCUT2D eigenvalue weighted by atomic mass is 19.4. The van der Waals surface area contributed by atoms with Crippen LogP contribution in [0.15, 0.2) is 24.3 Å². The molecule has 1 unspecified atom stereocenters. The van der Waals surface area contributed by atoms with E-state index in [1.54, 1.807) is 0 Å². The molecule has 0 aliphatic carbocycles. The van der Waals surface area contributed by atoms with Gasteiger partial charge in [-0.25, -0.2) is 0 Å². The zero-order chi connectivity index (χ0) is 15.0. The number of hydrogen-bond acceptors (Lipinski definition) is 3. The maximum Gasteiger partial charge on any atom is 0.389 e. The van der Waals surface area contributed by atoms with Gasteiger partial charge in [0, 0.05) is 12.5 Å². The van der Waals surface area contributed by atoms with Gasteiger partial charge in [-0.1, -0.05) is 12.1 Å². The van der Waals surface area contributed by atoms with Crippen LogP contribution in [0.2, 0.25) is 0 Å². The van der Waals surface area contributed by atoms with E-state index in [1.165, 1.54) is 0 Å². The number of rotatable bonds is 8. The minimum atomic E-state index is -4.10. The lowest BCUT2D eigenvalue weighted by Crippen LogP contribution is -2.36. The summed E-state index contributed by atoms with van der Waals surface area (Å²) in [5, 5.41) is 0. The van der Waals surface area contributed by atoms with E-state index in [0.717, 1.165) is 11.3 Å². The Morgan fingerprint density at radius 2 is 2.05 bits per heavy atom. The SMILES string of the molecule is Cc1cccc(OCCC(CCCC(F)(F)F)NN)c1. The normalized spacial score (nSPS) is 13.2. The summed E-state index contributed by atoms with van der Waals surface area (Å²) in [6, 6.07) is 7.46.